The molecule has 1 rings (SSSR count). The molecule has 0 spiro atoms. The number of hydrogen-bond acceptors (Lipinski definition) is 6. The quantitative estimate of drug-likeness (QED) is 0.342. The molecule has 0 aliphatic rings. The molecule has 6 heteroatoms. The topological polar surface area (TPSA) is 71.1 Å². The molecule has 0 atom stereocenters. The van der Waals surface area contributed by atoms with Crippen molar-refractivity contribution in [2.24, 2.45) is 0 Å². The van der Waals surface area contributed by atoms with Gasteiger partial charge in [-0.3, -0.25) is 4.89 Å². The summed E-state index contributed by atoms with van der Waals surface area (Å²) in [6, 6.07) is 6.79. The van der Waals surface area contributed by atoms with Crippen molar-refractivity contribution in [3.63, 3.8) is 0 Å². The summed E-state index contributed by atoms with van der Waals surface area (Å²) in [6.45, 7) is 3.93. The van der Waals surface area contributed by atoms with Crippen molar-refractivity contribution < 1.29 is 29.1 Å². The molecule has 1 aromatic rings. The van der Waals surface area contributed by atoms with Crippen molar-refractivity contribution >= 4 is 12.1 Å². The molecule has 6 nitrogen and oxygen atoms in total. The van der Waals surface area contributed by atoms with E-state index in [1.54, 1.807) is 31.2 Å². The third-order valence-electron chi connectivity index (χ3n) is 2.29. The Morgan fingerprint density at radius 3 is 2.58 bits per heavy atom. The molecule has 0 bridgehead atoms. The van der Waals surface area contributed by atoms with Gasteiger partial charge in [0.25, 0.3) is 0 Å². The normalized spacial score (nSPS) is 9.79. The highest BCUT2D eigenvalue weighted by Crippen LogP contribution is 2.08. The van der Waals surface area contributed by atoms with Gasteiger partial charge in [0.2, 0.25) is 0 Å². The van der Waals surface area contributed by atoms with Crippen LogP contribution in [-0.2, 0) is 19.6 Å². The summed E-state index contributed by atoms with van der Waals surface area (Å²) < 4.78 is 4.62. The SMILES string of the molecule is CCCCOC(=O)OOOC(=O)c1ccccc1C. The van der Waals surface area contributed by atoms with Crippen LogP contribution in [0.5, 0.6) is 0 Å². The Bertz CT molecular complexity index is 429. The summed E-state index contributed by atoms with van der Waals surface area (Å²) in [4.78, 5) is 30.9. The Labute approximate surface area is 111 Å². The standard InChI is InChI=1S/C13H16O6/c1-3-4-9-16-13(15)18-19-17-12(14)11-8-6-5-7-10(11)2/h5-8H,3-4,9H2,1-2H3. The van der Waals surface area contributed by atoms with Gasteiger partial charge in [-0.25, -0.2) is 14.5 Å². The van der Waals surface area contributed by atoms with Gasteiger partial charge in [-0.1, -0.05) is 31.5 Å². The van der Waals surface area contributed by atoms with Crippen LogP contribution < -0.4 is 0 Å². The molecule has 0 aliphatic heterocycles. The van der Waals surface area contributed by atoms with Gasteiger partial charge in [0.05, 0.1) is 17.2 Å². The zero-order valence-electron chi connectivity index (χ0n) is 10.9. The van der Waals surface area contributed by atoms with Crippen LogP contribution in [0.2, 0.25) is 0 Å². The molecule has 0 N–H and O–H groups in total. The first-order valence-electron chi connectivity index (χ1n) is 5.93. The van der Waals surface area contributed by atoms with E-state index in [1.165, 1.54) is 0 Å². The molecule has 0 amide bonds. The van der Waals surface area contributed by atoms with E-state index in [0.717, 1.165) is 18.4 Å². The first kappa shape index (κ1) is 15.0. The summed E-state index contributed by atoms with van der Waals surface area (Å²) >= 11 is 0. The Balaban J connectivity index is 2.28. The average Bonchev–Trinajstić information content (AvgIpc) is 2.39. The molecular formula is C13H16O6. The number of rotatable bonds is 6. The predicted octanol–water partition coefficient (Wildman–Crippen LogP) is 2.95. The number of carbonyl (C=O) groups excluding carboxylic acids is 2. The lowest BCUT2D eigenvalue weighted by atomic mass is 10.1. The molecule has 0 radical (unpaired) electrons. The van der Waals surface area contributed by atoms with Gasteiger partial charge in [0.15, 0.2) is 0 Å². The molecule has 0 saturated carbocycles. The van der Waals surface area contributed by atoms with E-state index in [-0.39, 0.29) is 6.61 Å². The highest BCUT2D eigenvalue weighted by molar-refractivity contribution is 5.90. The second kappa shape index (κ2) is 8.10. The van der Waals surface area contributed by atoms with Crippen LogP contribution in [-0.4, -0.2) is 18.7 Å². The summed E-state index contributed by atoms with van der Waals surface area (Å²) in [6.07, 6.45) is 0.556. The van der Waals surface area contributed by atoms with Crippen molar-refractivity contribution in [3.8, 4) is 0 Å². The maximum absolute atomic E-state index is 11.5. The van der Waals surface area contributed by atoms with Crippen LogP contribution in [0, 0.1) is 6.92 Å². The van der Waals surface area contributed by atoms with Crippen LogP contribution in [0.15, 0.2) is 24.3 Å². The van der Waals surface area contributed by atoms with Crippen LogP contribution in [0.4, 0.5) is 4.79 Å². The second-order valence-corrected chi connectivity index (χ2v) is 3.79. The van der Waals surface area contributed by atoms with Gasteiger partial charge < -0.3 is 4.74 Å². The maximum Gasteiger partial charge on any atom is 0.543 e. The van der Waals surface area contributed by atoms with Crippen LogP contribution in [0.1, 0.15) is 35.7 Å². The average molecular weight is 268 g/mol. The fourth-order valence-corrected chi connectivity index (χ4v) is 1.25. The summed E-state index contributed by atoms with van der Waals surface area (Å²) in [5.74, 6) is -0.751. The second-order valence-electron chi connectivity index (χ2n) is 3.79. The lowest BCUT2D eigenvalue weighted by Crippen LogP contribution is -2.13. The number of ether oxygens (including phenoxy) is 1. The van der Waals surface area contributed by atoms with E-state index in [2.05, 4.69) is 19.6 Å². The summed E-state index contributed by atoms with van der Waals surface area (Å²) in [7, 11) is 0. The molecule has 1 aromatic carbocycles. The maximum atomic E-state index is 11.5. The molecule has 0 saturated heterocycles. The predicted molar refractivity (Wildman–Crippen MR) is 65.0 cm³/mol. The van der Waals surface area contributed by atoms with Gasteiger partial charge in [0, 0.05) is 0 Å². The number of aryl methyl sites for hydroxylation is 1. The Morgan fingerprint density at radius 1 is 1.16 bits per heavy atom. The Kier molecular flexibility index (Phi) is 6.38. The van der Waals surface area contributed by atoms with E-state index in [1.807, 2.05) is 6.92 Å². The van der Waals surface area contributed by atoms with Crippen molar-refractivity contribution in [3.05, 3.63) is 35.4 Å². The van der Waals surface area contributed by atoms with Crippen LogP contribution in [0.3, 0.4) is 0 Å². The van der Waals surface area contributed by atoms with Gasteiger partial charge in [0.1, 0.15) is 0 Å². The van der Waals surface area contributed by atoms with Gasteiger partial charge in [-0.15, -0.1) is 0 Å². The van der Waals surface area contributed by atoms with Gasteiger partial charge in [-0.2, -0.15) is 0 Å². The molecule has 104 valence electrons. The fraction of sp³-hybridized carbons (Fsp3) is 0.385. The minimum Gasteiger partial charge on any atom is -0.432 e. The molecule has 19 heavy (non-hydrogen) atoms. The van der Waals surface area contributed by atoms with Gasteiger partial charge in [-0.05, 0) is 25.0 Å². The first-order valence-corrected chi connectivity index (χ1v) is 5.93. The molecule has 0 aliphatic carbocycles. The largest absolute Gasteiger partial charge is 0.543 e. The number of unbranched alkanes of at least 4 members (excludes halogenated alkanes) is 1. The van der Waals surface area contributed by atoms with Crippen molar-refractivity contribution in [2.75, 3.05) is 6.61 Å². The fourth-order valence-electron chi connectivity index (χ4n) is 1.25. The smallest absolute Gasteiger partial charge is 0.432 e. The number of benzene rings is 1. The third-order valence-corrected chi connectivity index (χ3v) is 2.29. The molecule has 0 unspecified atom stereocenters. The van der Waals surface area contributed by atoms with Crippen molar-refractivity contribution in [1.82, 2.24) is 0 Å². The van der Waals surface area contributed by atoms with E-state index in [0.29, 0.717) is 5.56 Å². The minimum absolute atomic E-state index is 0.227. The Hall–Kier alpha value is -2.08. The third kappa shape index (κ3) is 5.39. The lowest BCUT2D eigenvalue weighted by molar-refractivity contribution is -0.452. The number of hydrogen-bond donors (Lipinski definition) is 0. The first-order chi connectivity index (χ1) is 9.15. The highest BCUT2D eigenvalue weighted by Gasteiger charge is 2.13. The lowest BCUT2D eigenvalue weighted by Gasteiger charge is -2.04. The highest BCUT2D eigenvalue weighted by atomic mass is 17.5. The van der Waals surface area contributed by atoms with E-state index in [9.17, 15) is 9.59 Å². The van der Waals surface area contributed by atoms with Crippen molar-refractivity contribution in [2.45, 2.75) is 26.7 Å². The molecular weight excluding hydrogens is 252 g/mol. The van der Waals surface area contributed by atoms with Crippen LogP contribution >= 0.6 is 0 Å². The van der Waals surface area contributed by atoms with E-state index in [4.69, 9.17) is 0 Å². The molecule has 0 fully saturated rings. The van der Waals surface area contributed by atoms with E-state index >= 15 is 0 Å². The monoisotopic (exact) mass is 268 g/mol. The van der Waals surface area contributed by atoms with E-state index < -0.39 is 12.1 Å². The minimum atomic E-state index is -1.05. The van der Waals surface area contributed by atoms with Crippen LogP contribution in [0.25, 0.3) is 0 Å². The number of carbonyl (C=O) groups is 2. The molecule has 0 heterocycles. The zero-order chi connectivity index (χ0) is 14.1. The van der Waals surface area contributed by atoms with Gasteiger partial charge >= 0.3 is 12.1 Å². The van der Waals surface area contributed by atoms with Crippen molar-refractivity contribution in [1.29, 1.82) is 0 Å². The zero-order valence-corrected chi connectivity index (χ0v) is 10.9. The summed E-state index contributed by atoms with van der Waals surface area (Å²) in [5.41, 5.74) is 1.05. The molecule has 0 aromatic heterocycles. The Morgan fingerprint density at radius 2 is 1.89 bits per heavy atom. The summed E-state index contributed by atoms with van der Waals surface area (Å²) in [5, 5.41) is 4.07.